The molecular formula is C22H32IN3O3S. The Morgan fingerprint density at radius 1 is 1.07 bits per heavy atom. The molecule has 0 aromatic heterocycles. The van der Waals surface area contributed by atoms with E-state index in [1.807, 2.05) is 57.2 Å². The number of benzene rings is 2. The second-order valence-electron chi connectivity index (χ2n) is 6.96. The molecule has 0 aliphatic carbocycles. The van der Waals surface area contributed by atoms with Crippen LogP contribution in [0.3, 0.4) is 0 Å². The molecule has 0 unspecified atom stereocenters. The summed E-state index contributed by atoms with van der Waals surface area (Å²) in [5.41, 5.74) is 2.84. The Labute approximate surface area is 197 Å². The average molecular weight is 545 g/mol. The quantitative estimate of drug-likeness (QED) is 0.217. The van der Waals surface area contributed by atoms with Gasteiger partial charge in [0.2, 0.25) is 0 Å². The van der Waals surface area contributed by atoms with Crippen LogP contribution in [0.15, 0.2) is 52.4 Å². The molecule has 0 aliphatic rings. The lowest BCUT2D eigenvalue weighted by Crippen LogP contribution is -2.38. The largest absolute Gasteiger partial charge is 0.493 e. The summed E-state index contributed by atoms with van der Waals surface area (Å²) in [7, 11) is -3.20. The summed E-state index contributed by atoms with van der Waals surface area (Å²) >= 11 is 0. The predicted octanol–water partition coefficient (Wildman–Crippen LogP) is 3.85. The first kappa shape index (κ1) is 26.2. The molecule has 0 radical (unpaired) electrons. The number of sulfone groups is 1. The van der Waals surface area contributed by atoms with Gasteiger partial charge < -0.3 is 15.4 Å². The lowest BCUT2D eigenvalue weighted by Gasteiger charge is -2.13. The number of nitrogens with one attached hydrogen (secondary N) is 2. The SMILES string of the molecule is CCNC(=NCc1ccc(S(C)(=O)=O)c(C)c1)NCCCOc1ccccc1C.I. The molecule has 166 valence electrons. The first-order chi connectivity index (χ1) is 13.8. The van der Waals surface area contributed by atoms with Crippen LogP contribution in [0.2, 0.25) is 0 Å². The molecule has 0 saturated carbocycles. The van der Waals surface area contributed by atoms with Gasteiger partial charge in [0.05, 0.1) is 18.0 Å². The van der Waals surface area contributed by atoms with Crippen molar-refractivity contribution < 1.29 is 13.2 Å². The first-order valence-electron chi connectivity index (χ1n) is 9.81. The average Bonchev–Trinajstić information content (AvgIpc) is 2.66. The van der Waals surface area contributed by atoms with E-state index in [1.54, 1.807) is 6.07 Å². The summed E-state index contributed by atoms with van der Waals surface area (Å²) in [6, 6.07) is 13.3. The molecule has 0 aliphatic heterocycles. The fourth-order valence-corrected chi connectivity index (χ4v) is 3.88. The third-order valence-corrected chi connectivity index (χ3v) is 5.62. The van der Waals surface area contributed by atoms with Gasteiger partial charge in [-0.15, -0.1) is 24.0 Å². The maximum Gasteiger partial charge on any atom is 0.191 e. The summed E-state index contributed by atoms with van der Waals surface area (Å²) in [6.45, 7) is 8.46. The minimum absolute atomic E-state index is 0. The van der Waals surface area contributed by atoms with E-state index in [-0.39, 0.29) is 24.0 Å². The monoisotopic (exact) mass is 545 g/mol. The fourth-order valence-electron chi connectivity index (χ4n) is 2.92. The molecule has 0 heterocycles. The number of nitrogens with zero attached hydrogens (tertiary/aromatic N) is 1. The van der Waals surface area contributed by atoms with Gasteiger partial charge in [-0.2, -0.15) is 0 Å². The van der Waals surface area contributed by atoms with Crippen LogP contribution in [-0.4, -0.2) is 40.3 Å². The van der Waals surface area contributed by atoms with Crippen molar-refractivity contribution in [2.45, 2.75) is 38.6 Å². The van der Waals surface area contributed by atoms with E-state index in [0.717, 1.165) is 47.9 Å². The maximum absolute atomic E-state index is 11.7. The molecule has 2 aromatic rings. The zero-order chi connectivity index (χ0) is 21.3. The van der Waals surface area contributed by atoms with E-state index >= 15 is 0 Å². The van der Waals surface area contributed by atoms with Crippen LogP contribution in [0, 0.1) is 13.8 Å². The molecule has 30 heavy (non-hydrogen) atoms. The second-order valence-corrected chi connectivity index (χ2v) is 8.95. The number of halogens is 1. The number of hydrogen-bond acceptors (Lipinski definition) is 4. The van der Waals surface area contributed by atoms with Crippen LogP contribution in [0.1, 0.15) is 30.0 Å². The Balaban J connectivity index is 0.00000450. The molecule has 8 heteroatoms. The highest BCUT2D eigenvalue weighted by molar-refractivity contribution is 14.0. The normalized spacial score (nSPS) is 11.5. The molecule has 0 bridgehead atoms. The molecule has 2 aromatic carbocycles. The summed E-state index contributed by atoms with van der Waals surface area (Å²) in [5, 5.41) is 6.53. The number of hydrogen-bond donors (Lipinski definition) is 2. The van der Waals surface area contributed by atoms with Gasteiger partial charge in [-0.1, -0.05) is 30.3 Å². The molecule has 0 atom stereocenters. The lowest BCUT2D eigenvalue weighted by molar-refractivity contribution is 0.309. The Hall–Kier alpha value is -1.81. The van der Waals surface area contributed by atoms with Gasteiger partial charge in [0.25, 0.3) is 0 Å². The van der Waals surface area contributed by atoms with Gasteiger partial charge in [-0.25, -0.2) is 13.4 Å². The van der Waals surface area contributed by atoms with Crippen molar-refractivity contribution >= 4 is 39.8 Å². The molecule has 0 amide bonds. The number of ether oxygens (including phenoxy) is 1. The topological polar surface area (TPSA) is 79.8 Å². The summed E-state index contributed by atoms with van der Waals surface area (Å²) in [4.78, 5) is 4.96. The number of guanidine groups is 1. The number of rotatable bonds is 9. The summed E-state index contributed by atoms with van der Waals surface area (Å²) < 4.78 is 29.3. The Morgan fingerprint density at radius 2 is 1.80 bits per heavy atom. The predicted molar refractivity (Wildman–Crippen MR) is 134 cm³/mol. The van der Waals surface area contributed by atoms with Crippen molar-refractivity contribution in [2.24, 2.45) is 4.99 Å². The Bertz CT molecular complexity index is 946. The van der Waals surface area contributed by atoms with Crippen LogP contribution >= 0.6 is 24.0 Å². The highest BCUT2D eigenvalue weighted by Crippen LogP contribution is 2.17. The molecule has 6 nitrogen and oxygen atoms in total. The van der Waals surface area contributed by atoms with Gasteiger partial charge in [0.15, 0.2) is 15.8 Å². The van der Waals surface area contributed by atoms with E-state index < -0.39 is 9.84 Å². The highest BCUT2D eigenvalue weighted by Gasteiger charge is 2.10. The van der Waals surface area contributed by atoms with Gasteiger partial charge in [-0.3, -0.25) is 0 Å². The standard InChI is InChI=1S/C22H31N3O3S.HI/c1-5-23-22(24-13-8-14-28-20-10-7-6-9-17(20)2)25-16-19-11-12-21(18(3)15-19)29(4,26)27;/h6-7,9-12,15H,5,8,13-14,16H2,1-4H3,(H2,23,24,25);1H. The van der Waals surface area contributed by atoms with Crippen LogP contribution in [0.4, 0.5) is 0 Å². The molecular weight excluding hydrogens is 513 g/mol. The van der Waals surface area contributed by atoms with E-state index in [2.05, 4.69) is 15.6 Å². The zero-order valence-corrected chi connectivity index (χ0v) is 21.2. The second kappa shape index (κ2) is 12.8. The lowest BCUT2D eigenvalue weighted by atomic mass is 10.1. The minimum Gasteiger partial charge on any atom is -0.493 e. The molecule has 0 spiro atoms. The van der Waals surface area contributed by atoms with E-state index in [0.29, 0.717) is 18.0 Å². The third kappa shape index (κ3) is 8.51. The van der Waals surface area contributed by atoms with E-state index in [9.17, 15) is 8.42 Å². The first-order valence-corrected chi connectivity index (χ1v) is 11.7. The van der Waals surface area contributed by atoms with Crippen molar-refractivity contribution in [1.82, 2.24) is 10.6 Å². The van der Waals surface area contributed by atoms with Crippen molar-refractivity contribution in [3.63, 3.8) is 0 Å². The Kier molecular flexibility index (Phi) is 11.2. The van der Waals surface area contributed by atoms with Crippen LogP contribution in [0.25, 0.3) is 0 Å². The highest BCUT2D eigenvalue weighted by atomic mass is 127. The smallest absolute Gasteiger partial charge is 0.191 e. The van der Waals surface area contributed by atoms with Gasteiger partial charge in [0, 0.05) is 19.3 Å². The Morgan fingerprint density at radius 3 is 2.43 bits per heavy atom. The van der Waals surface area contributed by atoms with Crippen LogP contribution < -0.4 is 15.4 Å². The van der Waals surface area contributed by atoms with Crippen molar-refractivity contribution in [2.75, 3.05) is 26.0 Å². The van der Waals surface area contributed by atoms with Crippen LogP contribution in [-0.2, 0) is 16.4 Å². The molecule has 2 rings (SSSR count). The summed E-state index contributed by atoms with van der Waals surface area (Å²) in [6.07, 6.45) is 2.07. The van der Waals surface area contributed by atoms with Gasteiger partial charge in [0.1, 0.15) is 5.75 Å². The van der Waals surface area contributed by atoms with E-state index in [4.69, 9.17) is 4.74 Å². The number of aryl methyl sites for hydroxylation is 2. The fraction of sp³-hybridized carbons (Fsp3) is 0.409. The molecule has 0 fully saturated rings. The molecule has 0 saturated heterocycles. The van der Waals surface area contributed by atoms with Crippen LogP contribution in [0.5, 0.6) is 5.75 Å². The number of para-hydroxylation sites is 1. The third-order valence-electron chi connectivity index (χ3n) is 4.37. The summed E-state index contributed by atoms with van der Waals surface area (Å²) in [5.74, 6) is 1.65. The van der Waals surface area contributed by atoms with Crippen molar-refractivity contribution in [3.8, 4) is 5.75 Å². The minimum atomic E-state index is -3.20. The van der Waals surface area contributed by atoms with Crippen molar-refractivity contribution in [3.05, 3.63) is 59.2 Å². The van der Waals surface area contributed by atoms with E-state index in [1.165, 1.54) is 6.26 Å². The number of aliphatic imine (C=N–C) groups is 1. The van der Waals surface area contributed by atoms with Crippen molar-refractivity contribution in [1.29, 1.82) is 0 Å². The zero-order valence-electron chi connectivity index (χ0n) is 18.1. The van der Waals surface area contributed by atoms with Gasteiger partial charge >= 0.3 is 0 Å². The van der Waals surface area contributed by atoms with Gasteiger partial charge in [-0.05, 0) is 56.0 Å². The maximum atomic E-state index is 11.7. The molecule has 2 N–H and O–H groups in total.